The number of carbonyl (C=O) groups is 1. The van der Waals surface area contributed by atoms with Crippen LogP contribution in [0, 0.1) is 0 Å². The fraction of sp³-hybridized carbons (Fsp3) is 0.429. The number of methoxy groups -OCH3 is 2. The van der Waals surface area contributed by atoms with E-state index in [9.17, 15) is 14.4 Å². The van der Waals surface area contributed by atoms with Crippen molar-refractivity contribution < 1.29 is 14.3 Å². The highest BCUT2D eigenvalue weighted by atomic mass is 16.5. The highest BCUT2D eigenvalue weighted by Gasteiger charge is 2.14. The second kappa shape index (κ2) is 7.16. The number of ether oxygens (including phenoxy) is 2. The minimum absolute atomic E-state index is 0.0443. The molecule has 0 spiro atoms. The molecule has 0 saturated heterocycles. The molecule has 2 aromatic rings. The first-order chi connectivity index (χ1) is 11.0. The molecule has 9 nitrogen and oxygen atoms in total. The van der Waals surface area contributed by atoms with E-state index in [-0.39, 0.29) is 36.9 Å². The molecule has 0 atom stereocenters. The second-order valence-corrected chi connectivity index (χ2v) is 4.90. The van der Waals surface area contributed by atoms with Gasteiger partial charge in [-0.15, -0.1) is 0 Å². The van der Waals surface area contributed by atoms with Gasteiger partial charge < -0.3 is 14.8 Å². The van der Waals surface area contributed by atoms with Gasteiger partial charge in [0.25, 0.3) is 5.56 Å². The molecule has 2 aromatic heterocycles. The van der Waals surface area contributed by atoms with Crippen LogP contribution in [0.4, 0.5) is 0 Å². The highest BCUT2D eigenvalue weighted by Crippen LogP contribution is 2.08. The zero-order chi connectivity index (χ0) is 17.0. The molecule has 0 radical (unpaired) electrons. The molecule has 2 rings (SSSR count). The number of amides is 1. The van der Waals surface area contributed by atoms with E-state index < -0.39 is 11.2 Å². The third kappa shape index (κ3) is 3.46. The van der Waals surface area contributed by atoms with Crippen LogP contribution in [0.1, 0.15) is 12.5 Å². The fourth-order valence-electron chi connectivity index (χ4n) is 2.15. The molecule has 23 heavy (non-hydrogen) atoms. The van der Waals surface area contributed by atoms with Crippen LogP contribution in [0.5, 0.6) is 0 Å². The van der Waals surface area contributed by atoms with E-state index in [2.05, 4.69) is 10.3 Å². The second-order valence-electron chi connectivity index (χ2n) is 4.90. The zero-order valence-corrected chi connectivity index (χ0v) is 13.2. The molecule has 0 aliphatic heterocycles. The lowest BCUT2D eigenvalue weighted by Gasteiger charge is -2.13. The number of aromatic nitrogens is 3. The number of nitrogens with zero attached hydrogens (tertiary/aromatic N) is 3. The van der Waals surface area contributed by atoms with Crippen molar-refractivity contribution in [3.63, 3.8) is 0 Å². The average Bonchev–Trinajstić information content (AvgIpc) is 2.53. The lowest BCUT2D eigenvalue weighted by molar-refractivity contribution is -0.119. The first-order valence-electron chi connectivity index (χ1n) is 6.84. The van der Waals surface area contributed by atoms with Gasteiger partial charge in [0.2, 0.25) is 5.91 Å². The summed E-state index contributed by atoms with van der Waals surface area (Å²) >= 11 is 0. The van der Waals surface area contributed by atoms with Gasteiger partial charge in [0.05, 0.1) is 5.39 Å². The summed E-state index contributed by atoms with van der Waals surface area (Å²) in [6, 6.07) is 1.60. The van der Waals surface area contributed by atoms with Gasteiger partial charge in [-0.25, -0.2) is 14.3 Å². The SMILES string of the molecule is COCn1c(=O)c2cc(CNC(C)=O)cnc2n(COC)c1=O. The maximum Gasteiger partial charge on any atom is 0.336 e. The molecule has 0 unspecified atom stereocenters. The van der Waals surface area contributed by atoms with Crippen molar-refractivity contribution in [2.24, 2.45) is 0 Å². The topological polar surface area (TPSA) is 104 Å². The fourth-order valence-corrected chi connectivity index (χ4v) is 2.15. The molecular weight excluding hydrogens is 304 g/mol. The maximum absolute atomic E-state index is 12.5. The Hall–Kier alpha value is -2.52. The molecule has 1 amide bonds. The number of hydrogen-bond acceptors (Lipinski definition) is 6. The maximum atomic E-state index is 12.5. The van der Waals surface area contributed by atoms with E-state index in [1.165, 1.54) is 31.9 Å². The van der Waals surface area contributed by atoms with Crippen molar-refractivity contribution in [3.8, 4) is 0 Å². The minimum Gasteiger partial charge on any atom is -0.364 e. The molecule has 0 bridgehead atoms. The van der Waals surface area contributed by atoms with Gasteiger partial charge in [-0.2, -0.15) is 0 Å². The number of fused-ring (bicyclic) bond motifs is 1. The van der Waals surface area contributed by atoms with Crippen molar-refractivity contribution in [2.75, 3.05) is 14.2 Å². The largest absolute Gasteiger partial charge is 0.364 e. The summed E-state index contributed by atoms with van der Waals surface area (Å²) in [7, 11) is 2.83. The Morgan fingerprint density at radius 1 is 1.22 bits per heavy atom. The van der Waals surface area contributed by atoms with Crippen molar-refractivity contribution >= 4 is 16.9 Å². The molecular formula is C14H18N4O5. The third-order valence-electron chi connectivity index (χ3n) is 3.17. The normalized spacial score (nSPS) is 10.9. The average molecular weight is 322 g/mol. The van der Waals surface area contributed by atoms with E-state index in [0.717, 1.165) is 4.57 Å². The van der Waals surface area contributed by atoms with Crippen LogP contribution in [-0.4, -0.2) is 34.2 Å². The molecule has 0 aliphatic rings. The summed E-state index contributed by atoms with van der Waals surface area (Å²) in [4.78, 5) is 40.0. The molecule has 0 aromatic carbocycles. The molecule has 0 aliphatic carbocycles. The Morgan fingerprint density at radius 2 is 1.87 bits per heavy atom. The van der Waals surface area contributed by atoms with E-state index in [0.29, 0.717) is 5.56 Å². The van der Waals surface area contributed by atoms with Crippen molar-refractivity contribution in [2.45, 2.75) is 26.9 Å². The summed E-state index contributed by atoms with van der Waals surface area (Å²) in [6.45, 7) is 1.42. The van der Waals surface area contributed by atoms with Crippen LogP contribution >= 0.6 is 0 Å². The van der Waals surface area contributed by atoms with Gasteiger partial charge in [0, 0.05) is 33.9 Å². The van der Waals surface area contributed by atoms with Crippen molar-refractivity contribution in [1.29, 1.82) is 0 Å². The van der Waals surface area contributed by atoms with Crippen molar-refractivity contribution in [3.05, 3.63) is 38.7 Å². The van der Waals surface area contributed by atoms with Crippen LogP contribution in [0.3, 0.4) is 0 Å². The number of hydrogen-bond donors (Lipinski definition) is 1. The summed E-state index contributed by atoms with van der Waals surface area (Å²) < 4.78 is 12.1. The van der Waals surface area contributed by atoms with Crippen LogP contribution in [0.15, 0.2) is 21.9 Å². The first-order valence-corrected chi connectivity index (χ1v) is 6.84. The summed E-state index contributed by atoms with van der Waals surface area (Å²) in [5, 5.41) is 2.88. The number of nitrogens with one attached hydrogen (secondary N) is 1. The predicted octanol–water partition coefficient (Wildman–Crippen LogP) is -0.598. The molecule has 0 fully saturated rings. The molecule has 0 saturated carbocycles. The van der Waals surface area contributed by atoms with Gasteiger partial charge in [0.1, 0.15) is 13.5 Å². The number of pyridine rings is 1. The van der Waals surface area contributed by atoms with Crippen LogP contribution in [-0.2, 0) is 34.3 Å². The minimum atomic E-state index is -0.562. The first kappa shape index (κ1) is 16.8. The molecule has 2 heterocycles. The summed E-state index contributed by atoms with van der Waals surface area (Å²) in [5.41, 5.74) is -0.193. The van der Waals surface area contributed by atoms with E-state index >= 15 is 0 Å². The Morgan fingerprint density at radius 3 is 2.48 bits per heavy atom. The van der Waals surface area contributed by atoms with Crippen LogP contribution in [0.2, 0.25) is 0 Å². The smallest absolute Gasteiger partial charge is 0.336 e. The van der Waals surface area contributed by atoms with E-state index in [1.807, 2.05) is 0 Å². The van der Waals surface area contributed by atoms with Gasteiger partial charge >= 0.3 is 5.69 Å². The van der Waals surface area contributed by atoms with Gasteiger partial charge in [-0.3, -0.25) is 14.2 Å². The molecule has 9 heteroatoms. The zero-order valence-electron chi connectivity index (χ0n) is 13.2. The number of carbonyl (C=O) groups excluding carboxylic acids is 1. The standard InChI is InChI=1S/C14H18N4O5/c1-9(19)15-5-10-4-11-12(16-6-10)17(7-22-2)14(21)18(8-23-3)13(11)20/h4,6H,5,7-8H2,1-3H3,(H,15,19). The van der Waals surface area contributed by atoms with Crippen LogP contribution in [0.25, 0.3) is 11.0 Å². The Balaban J connectivity index is 2.67. The van der Waals surface area contributed by atoms with E-state index in [1.54, 1.807) is 6.07 Å². The third-order valence-corrected chi connectivity index (χ3v) is 3.17. The predicted molar refractivity (Wildman–Crippen MR) is 81.8 cm³/mol. The van der Waals surface area contributed by atoms with Gasteiger partial charge in [0.15, 0.2) is 5.65 Å². The van der Waals surface area contributed by atoms with Gasteiger partial charge in [-0.1, -0.05) is 0 Å². The highest BCUT2D eigenvalue weighted by molar-refractivity contribution is 5.75. The van der Waals surface area contributed by atoms with Gasteiger partial charge in [-0.05, 0) is 11.6 Å². The van der Waals surface area contributed by atoms with E-state index in [4.69, 9.17) is 9.47 Å². The molecule has 1 N–H and O–H groups in total. The summed E-state index contributed by atoms with van der Waals surface area (Å²) in [5.74, 6) is -0.189. The monoisotopic (exact) mass is 322 g/mol. The number of rotatable bonds is 6. The molecule has 124 valence electrons. The quantitative estimate of drug-likeness (QED) is 0.762. The van der Waals surface area contributed by atoms with Crippen LogP contribution < -0.4 is 16.6 Å². The lowest BCUT2D eigenvalue weighted by atomic mass is 10.2. The van der Waals surface area contributed by atoms with Crippen molar-refractivity contribution in [1.82, 2.24) is 19.4 Å². The Kier molecular flexibility index (Phi) is 5.24. The Bertz CT molecular complexity index is 839. The lowest BCUT2D eigenvalue weighted by Crippen LogP contribution is -2.41. The summed E-state index contributed by atoms with van der Waals surface area (Å²) in [6.07, 6.45) is 1.50. The Labute approximate surface area is 131 Å².